The predicted molar refractivity (Wildman–Crippen MR) is 77.4 cm³/mol. The van der Waals surface area contributed by atoms with Crippen LogP contribution < -0.4 is 5.73 Å². The highest BCUT2D eigenvalue weighted by Crippen LogP contribution is 2.34. The highest BCUT2D eigenvalue weighted by atomic mass is 16.6. The Hall–Kier alpha value is -1.46. The molecule has 2 N–H and O–H groups in total. The quantitative estimate of drug-likeness (QED) is 0.678. The van der Waals surface area contributed by atoms with E-state index in [1.807, 2.05) is 0 Å². The summed E-state index contributed by atoms with van der Waals surface area (Å²) in [4.78, 5) is 10.2. The summed E-state index contributed by atoms with van der Waals surface area (Å²) in [5, 5.41) is 10.6. The Morgan fingerprint density at radius 1 is 1.25 bits per heavy atom. The molecule has 1 aromatic carbocycles. The summed E-state index contributed by atoms with van der Waals surface area (Å²) in [6.07, 6.45) is 1.11. The molecule has 5 atom stereocenters. The van der Waals surface area contributed by atoms with Crippen molar-refractivity contribution >= 4 is 5.69 Å². The van der Waals surface area contributed by atoms with Gasteiger partial charge in [0.25, 0.3) is 5.69 Å². The lowest BCUT2D eigenvalue weighted by atomic mass is 9.81. The first kappa shape index (κ1) is 14.9. The maximum Gasteiger partial charge on any atom is 0.269 e. The van der Waals surface area contributed by atoms with Gasteiger partial charge in [0.1, 0.15) is 0 Å². The third-order valence-electron chi connectivity index (χ3n) is 4.43. The van der Waals surface area contributed by atoms with Crippen LogP contribution in [-0.4, -0.2) is 23.2 Å². The number of nitrogens with two attached hydrogens (primary N) is 1. The number of nitro benzene ring substituents is 1. The lowest BCUT2D eigenvalue weighted by molar-refractivity contribution is -0.384. The van der Waals surface area contributed by atoms with Crippen molar-refractivity contribution in [3.8, 4) is 0 Å². The van der Waals surface area contributed by atoms with E-state index in [4.69, 9.17) is 10.5 Å². The Kier molecular flexibility index (Phi) is 4.40. The van der Waals surface area contributed by atoms with Crippen LogP contribution >= 0.6 is 0 Å². The molecule has 2 rings (SSSR count). The summed E-state index contributed by atoms with van der Waals surface area (Å²) in [5.41, 5.74) is 7.48. The fourth-order valence-corrected chi connectivity index (χ4v) is 3.19. The van der Waals surface area contributed by atoms with Gasteiger partial charge >= 0.3 is 0 Å². The second-order valence-corrected chi connectivity index (χ2v) is 5.77. The van der Waals surface area contributed by atoms with Crippen molar-refractivity contribution in [2.45, 2.75) is 45.4 Å². The summed E-state index contributed by atoms with van der Waals surface area (Å²) in [6, 6.07) is 6.64. The van der Waals surface area contributed by atoms with E-state index in [-0.39, 0.29) is 28.9 Å². The highest BCUT2D eigenvalue weighted by molar-refractivity contribution is 5.33. The van der Waals surface area contributed by atoms with Crippen molar-refractivity contribution in [2.24, 2.45) is 17.6 Å². The number of rotatable bonds is 4. The molecule has 5 unspecified atom stereocenters. The average molecular weight is 278 g/mol. The number of hydrogen-bond acceptors (Lipinski definition) is 4. The normalized spacial score (nSPS) is 31.2. The van der Waals surface area contributed by atoms with E-state index in [0.717, 1.165) is 5.56 Å². The zero-order chi connectivity index (χ0) is 14.9. The van der Waals surface area contributed by atoms with E-state index in [9.17, 15) is 10.1 Å². The molecular weight excluding hydrogens is 256 g/mol. The monoisotopic (exact) mass is 278 g/mol. The third-order valence-corrected chi connectivity index (χ3v) is 4.43. The standard InChI is InChI=1S/C15H22N2O3/c1-9-10(2)20-11(3)15(9)14(16)8-12-4-6-13(7-5-12)17(18)19/h4-7,9-11,14-15H,8,16H2,1-3H3. The van der Waals surface area contributed by atoms with Crippen molar-refractivity contribution in [2.75, 3.05) is 0 Å². The molecule has 0 amide bonds. The van der Waals surface area contributed by atoms with E-state index >= 15 is 0 Å². The van der Waals surface area contributed by atoms with Gasteiger partial charge in [-0.1, -0.05) is 19.1 Å². The third kappa shape index (κ3) is 2.99. The molecule has 1 saturated heterocycles. The summed E-state index contributed by atoms with van der Waals surface area (Å²) in [5.74, 6) is 0.748. The largest absolute Gasteiger partial charge is 0.375 e. The SMILES string of the molecule is CC1OC(C)C(C(N)Cc2ccc([N+](=O)[O-])cc2)C1C. The first-order chi connectivity index (χ1) is 9.40. The number of benzene rings is 1. The zero-order valence-electron chi connectivity index (χ0n) is 12.2. The van der Waals surface area contributed by atoms with E-state index in [0.29, 0.717) is 18.3 Å². The van der Waals surface area contributed by atoms with Crippen molar-refractivity contribution in [1.29, 1.82) is 0 Å². The van der Waals surface area contributed by atoms with Gasteiger partial charge in [0.2, 0.25) is 0 Å². The molecule has 0 saturated carbocycles. The van der Waals surface area contributed by atoms with Crippen LogP contribution in [0, 0.1) is 22.0 Å². The molecule has 1 aliphatic rings. The average Bonchev–Trinajstić information content (AvgIpc) is 2.63. The van der Waals surface area contributed by atoms with Crippen molar-refractivity contribution in [3.05, 3.63) is 39.9 Å². The van der Waals surface area contributed by atoms with Crippen LogP contribution in [0.15, 0.2) is 24.3 Å². The van der Waals surface area contributed by atoms with E-state index in [2.05, 4.69) is 20.8 Å². The van der Waals surface area contributed by atoms with Gasteiger partial charge in [0.15, 0.2) is 0 Å². The van der Waals surface area contributed by atoms with Crippen LogP contribution in [0.2, 0.25) is 0 Å². The maximum absolute atomic E-state index is 10.6. The minimum Gasteiger partial charge on any atom is -0.375 e. The molecule has 1 heterocycles. The van der Waals surface area contributed by atoms with Gasteiger partial charge in [-0.2, -0.15) is 0 Å². The molecule has 5 heteroatoms. The predicted octanol–water partition coefficient (Wildman–Crippen LogP) is 2.52. The lowest BCUT2D eigenvalue weighted by Crippen LogP contribution is -2.39. The number of nitrogens with zero attached hydrogens (tertiary/aromatic N) is 1. The van der Waals surface area contributed by atoms with E-state index < -0.39 is 0 Å². The van der Waals surface area contributed by atoms with Crippen molar-refractivity contribution < 1.29 is 9.66 Å². The second kappa shape index (κ2) is 5.89. The van der Waals surface area contributed by atoms with Crippen molar-refractivity contribution in [3.63, 3.8) is 0 Å². The molecule has 20 heavy (non-hydrogen) atoms. The molecule has 0 spiro atoms. The topological polar surface area (TPSA) is 78.4 Å². The van der Waals surface area contributed by atoms with Gasteiger partial charge in [0.05, 0.1) is 17.1 Å². The Morgan fingerprint density at radius 2 is 1.85 bits per heavy atom. The van der Waals surface area contributed by atoms with Crippen molar-refractivity contribution in [1.82, 2.24) is 0 Å². The summed E-state index contributed by atoms with van der Waals surface area (Å²) in [6.45, 7) is 6.33. The maximum atomic E-state index is 10.6. The van der Waals surface area contributed by atoms with Gasteiger partial charge in [0, 0.05) is 24.1 Å². The Morgan fingerprint density at radius 3 is 2.30 bits per heavy atom. The Balaban J connectivity index is 2.04. The molecule has 1 aliphatic heterocycles. The number of hydrogen-bond donors (Lipinski definition) is 1. The molecule has 5 nitrogen and oxygen atoms in total. The fraction of sp³-hybridized carbons (Fsp3) is 0.600. The first-order valence-corrected chi connectivity index (χ1v) is 7.04. The van der Waals surface area contributed by atoms with E-state index in [1.54, 1.807) is 12.1 Å². The molecule has 0 aromatic heterocycles. The van der Waals surface area contributed by atoms with Crippen LogP contribution in [0.25, 0.3) is 0 Å². The Bertz CT molecular complexity index is 475. The number of ether oxygens (including phenoxy) is 1. The molecule has 110 valence electrons. The number of non-ortho nitro benzene ring substituents is 1. The molecule has 0 radical (unpaired) electrons. The van der Waals surface area contributed by atoms with Crippen LogP contribution in [0.1, 0.15) is 26.3 Å². The molecule has 0 aliphatic carbocycles. The fourth-order valence-electron chi connectivity index (χ4n) is 3.19. The smallest absolute Gasteiger partial charge is 0.269 e. The summed E-state index contributed by atoms with van der Waals surface area (Å²) >= 11 is 0. The van der Waals surface area contributed by atoms with Crippen LogP contribution in [0.3, 0.4) is 0 Å². The summed E-state index contributed by atoms with van der Waals surface area (Å²) < 4.78 is 5.83. The summed E-state index contributed by atoms with van der Waals surface area (Å²) in [7, 11) is 0. The van der Waals surface area contributed by atoms with Gasteiger partial charge in [-0.25, -0.2) is 0 Å². The highest BCUT2D eigenvalue weighted by Gasteiger charge is 2.40. The van der Waals surface area contributed by atoms with Gasteiger partial charge < -0.3 is 10.5 Å². The molecular formula is C15H22N2O3. The Labute approximate surface area is 119 Å². The lowest BCUT2D eigenvalue weighted by Gasteiger charge is -2.25. The van der Waals surface area contributed by atoms with Gasteiger partial charge in [-0.15, -0.1) is 0 Å². The van der Waals surface area contributed by atoms with Crippen LogP contribution in [0.4, 0.5) is 5.69 Å². The van der Waals surface area contributed by atoms with Gasteiger partial charge in [-0.3, -0.25) is 10.1 Å². The minimum atomic E-state index is -0.389. The second-order valence-electron chi connectivity index (χ2n) is 5.77. The molecule has 1 aromatic rings. The molecule has 1 fully saturated rings. The van der Waals surface area contributed by atoms with E-state index in [1.165, 1.54) is 12.1 Å². The molecule has 0 bridgehead atoms. The van der Waals surface area contributed by atoms with Gasteiger partial charge in [-0.05, 0) is 31.7 Å². The zero-order valence-corrected chi connectivity index (χ0v) is 12.2. The number of nitro groups is 1. The van der Waals surface area contributed by atoms with Crippen LogP contribution in [-0.2, 0) is 11.2 Å². The van der Waals surface area contributed by atoms with Crippen LogP contribution in [0.5, 0.6) is 0 Å². The minimum absolute atomic E-state index is 0.00593. The first-order valence-electron chi connectivity index (χ1n) is 7.04.